The predicted molar refractivity (Wildman–Crippen MR) is 65.5 cm³/mol. The SMILES string of the molecule is CCOC(=O)CN(C)c1nc(C)ccc1[N+](=O)[O-]. The molecule has 0 fully saturated rings. The van der Waals surface area contributed by atoms with Crippen molar-refractivity contribution in [1.29, 1.82) is 0 Å². The Morgan fingerprint density at radius 3 is 2.78 bits per heavy atom. The van der Waals surface area contributed by atoms with Crippen molar-refractivity contribution in [1.82, 2.24) is 4.98 Å². The Bertz CT molecular complexity index is 462. The Morgan fingerprint density at radius 1 is 1.56 bits per heavy atom. The van der Waals surface area contributed by atoms with Gasteiger partial charge in [-0.15, -0.1) is 0 Å². The monoisotopic (exact) mass is 253 g/mol. The number of anilines is 1. The molecule has 0 aliphatic carbocycles. The van der Waals surface area contributed by atoms with E-state index in [1.807, 2.05) is 0 Å². The first-order valence-corrected chi connectivity index (χ1v) is 5.44. The van der Waals surface area contributed by atoms with Crippen LogP contribution in [0.2, 0.25) is 0 Å². The molecule has 1 heterocycles. The van der Waals surface area contributed by atoms with Crippen LogP contribution >= 0.6 is 0 Å². The lowest BCUT2D eigenvalue weighted by atomic mass is 10.3. The van der Waals surface area contributed by atoms with E-state index in [2.05, 4.69) is 4.98 Å². The molecular formula is C11H15N3O4. The minimum Gasteiger partial charge on any atom is -0.465 e. The molecule has 0 atom stereocenters. The van der Waals surface area contributed by atoms with Gasteiger partial charge in [0.2, 0.25) is 5.82 Å². The fraction of sp³-hybridized carbons (Fsp3) is 0.455. The highest BCUT2D eigenvalue weighted by Crippen LogP contribution is 2.24. The highest BCUT2D eigenvalue weighted by Gasteiger charge is 2.20. The zero-order valence-corrected chi connectivity index (χ0v) is 10.5. The first-order chi connectivity index (χ1) is 8.45. The first kappa shape index (κ1) is 13.9. The number of nitro groups is 1. The number of aromatic nitrogens is 1. The van der Waals surface area contributed by atoms with Crippen molar-refractivity contribution in [2.75, 3.05) is 25.1 Å². The molecule has 0 saturated heterocycles. The summed E-state index contributed by atoms with van der Waals surface area (Å²) in [5, 5.41) is 10.9. The fourth-order valence-corrected chi connectivity index (χ4v) is 1.43. The van der Waals surface area contributed by atoms with E-state index in [0.29, 0.717) is 5.69 Å². The second kappa shape index (κ2) is 5.95. The summed E-state index contributed by atoms with van der Waals surface area (Å²) in [6.07, 6.45) is 0. The van der Waals surface area contributed by atoms with E-state index in [4.69, 9.17) is 4.74 Å². The average Bonchev–Trinajstić information content (AvgIpc) is 2.28. The lowest BCUT2D eigenvalue weighted by molar-refractivity contribution is -0.384. The van der Waals surface area contributed by atoms with Gasteiger partial charge in [-0.1, -0.05) is 0 Å². The molecule has 0 amide bonds. The molecule has 98 valence electrons. The molecule has 0 N–H and O–H groups in total. The van der Waals surface area contributed by atoms with Gasteiger partial charge in [0.1, 0.15) is 6.54 Å². The molecule has 7 nitrogen and oxygen atoms in total. The lowest BCUT2D eigenvalue weighted by Gasteiger charge is -2.17. The number of pyridine rings is 1. The van der Waals surface area contributed by atoms with Crippen LogP contribution in [0.15, 0.2) is 12.1 Å². The summed E-state index contributed by atoms with van der Waals surface area (Å²) in [5.41, 5.74) is 0.513. The van der Waals surface area contributed by atoms with Gasteiger partial charge < -0.3 is 9.64 Å². The van der Waals surface area contributed by atoms with Crippen molar-refractivity contribution in [3.8, 4) is 0 Å². The van der Waals surface area contributed by atoms with Crippen LogP contribution in [0.4, 0.5) is 11.5 Å². The van der Waals surface area contributed by atoms with Crippen LogP contribution < -0.4 is 4.90 Å². The minimum atomic E-state index is -0.524. The Balaban J connectivity index is 2.96. The third-order valence-electron chi connectivity index (χ3n) is 2.22. The molecular weight excluding hydrogens is 238 g/mol. The maximum atomic E-state index is 11.3. The summed E-state index contributed by atoms with van der Waals surface area (Å²) in [6, 6.07) is 2.93. The molecule has 1 aromatic heterocycles. The number of likely N-dealkylation sites (N-methyl/N-ethyl adjacent to an activating group) is 1. The number of nitrogens with zero attached hydrogens (tertiary/aromatic N) is 3. The van der Waals surface area contributed by atoms with Crippen LogP contribution in [0.1, 0.15) is 12.6 Å². The second-order valence-corrected chi connectivity index (χ2v) is 3.71. The largest absolute Gasteiger partial charge is 0.465 e. The highest BCUT2D eigenvalue weighted by molar-refractivity contribution is 5.76. The quantitative estimate of drug-likeness (QED) is 0.446. The zero-order valence-electron chi connectivity index (χ0n) is 10.5. The summed E-state index contributed by atoms with van der Waals surface area (Å²) in [4.78, 5) is 27.2. The van der Waals surface area contributed by atoms with Gasteiger partial charge in [0.15, 0.2) is 0 Å². The van der Waals surface area contributed by atoms with Gasteiger partial charge in [-0.05, 0) is 19.9 Å². The van der Waals surface area contributed by atoms with Crippen LogP contribution in [0, 0.1) is 17.0 Å². The van der Waals surface area contributed by atoms with E-state index in [1.54, 1.807) is 27.0 Å². The number of hydrogen-bond acceptors (Lipinski definition) is 6. The Kier molecular flexibility index (Phi) is 4.59. The van der Waals surface area contributed by atoms with Crippen LogP contribution in [-0.2, 0) is 9.53 Å². The maximum Gasteiger partial charge on any atom is 0.325 e. The molecule has 18 heavy (non-hydrogen) atoms. The third-order valence-corrected chi connectivity index (χ3v) is 2.22. The molecule has 7 heteroatoms. The molecule has 1 rings (SSSR count). The normalized spacial score (nSPS) is 9.94. The predicted octanol–water partition coefficient (Wildman–Crippen LogP) is 1.30. The maximum absolute atomic E-state index is 11.3. The number of hydrogen-bond donors (Lipinski definition) is 0. The number of carbonyl (C=O) groups is 1. The number of aryl methyl sites for hydroxylation is 1. The van der Waals surface area contributed by atoms with Crippen molar-refractivity contribution in [3.63, 3.8) is 0 Å². The van der Waals surface area contributed by atoms with Gasteiger partial charge in [-0.2, -0.15) is 0 Å². The number of ether oxygens (including phenoxy) is 1. The summed E-state index contributed by atoms with van der Waals surface area (Å²) in [6.45, 7) is 3.62. The van der Waals surface area contributed by atoms with Crippen LogP contribution in [0.3, 0.4) is 0 Å². The van der Waals surface area contributed by atoms with Crippen molar-refractivity contribution >= 4 is 17.5 Å². The molecule has 0 saturated carbocycles. The van der Waals surface area contributed by atoms with E-state index in [0.717, 1.165) is 0 Å². The van der Waals surface area contributed by atoms with Crippen LogP contribution in [0.5, 0.6) is 0 Å². The van der Waals surface area contributed by atoms with E-state index >= 15 is 0 Å². The highest BCUT2D eigenvalue weighted by atomic mass is 16.6. The molecule has 1 aromatic rings. The average molecular weight is 253 g/mol. The van der Waals surface area contributed by atoms with E-state index in [-0.39, 0.29) is 24.7 Å². The smallest absolute Gasteiger partial charge is 0.325 e. The molecule has 0 unspecified atom stereocenters. The molecule has 0 bridgehead atoms. The fourth-order valence-electron chi connectivity index (χ4n) is 1.43. The second-order valence-electron chi connectivity index (χ2n) is 3.71. The van der Waals surface area contributed by atoms with Gasteiger partial charge >= 0.3 is 11.7 Å². The van der Waals surface area contributed by atoms with Gasteiger partial charge in [0.05, 0.1) is 11.5 Å². The summed E-state index contributed by atoms with van der Waals surface area (Å²) >= 11 is 0. The molecule has 0 aliphatic heterocycles. The number of rotatable bonds is 5. The van der Waals surface area contributed by atoms with Crippen molar-refractivity contribution in [2.45, 2.75) is 13.8 Å². The van der Waals surface area contributed by atoms with Gasteiger partial charge in [0.25, 0.3) is 0 Å². The third kappa shape index (κ3) is 3.41. The van der Waals surface area contributed by atoms with Crippen molar-refractivity contribution in [2.24, 2.45) is 0 Å². The van der Waals surface area contributed by atoms with Crippen molar-refractivity contribution < 1.29 is 14.5 Å². The molecule has 0 aromatic carbocycles. The van der Waals surface area contributed by atoms with E-state index in [9.17, 15) is 14.9 Å². The summed E-state index contributed by atoms with van der Waals surface area (Å²) < 4.78 is 4.79. The van der Waals surface area contributed by atoms with E-state index < -0.39 is 10.9 Å². The first-order valence-electron chi connectivity index (χ1n) is 5.44. The molecule has 0 spiro atoms. The van der Waals surface area contributed by atoms with Crippen LogP contribution in [-0.4, -0.2) is 36.1 Å². The van der Waals surface area contributed by atoms with Gasteiger partial charge in [-0.25, -0.2) is 4.98 Å². The Hall–Kier alpha value is -2.18. The molecule has 0 aliphatic rings. The van der Waals surface area contributed by atoms with Crippen LogP contribution in [0.25, 0.3) is 0 Å². The zero-order chi connectivity index (χ0) is 13.7. The number of esters is 1. The van der Waals surface area contributed by atoms with E-state index in [1.165, 1.54) is 11.0 Å². The minimum absolute atomic E-state index is 0.0782. The topological polar surface area (TPSA) is 85.6 Å². The number of carbonyl (C=O) groups excluding carboxylic acids is 1. The lowest BCUT2D eigenvalue weighted by Crippen LogP contribution is -2.28. The van der Waals surface area contributed by atoms with Gasteiger partial charge in [0, 0.05) is 18.8 Å². The Morgan fingerprint density at radius 2 is 2.22 bits per heavy atom. The standard InChI is InChI=1S/C11H15N3O4/c1-4-18-10(15)7-13(3)11-9(14(16)17)6-5-8(2)12-11/h5-6H,4,7H2,1-3H3. The van der Waals surface area contributed by atoms with Gasteiger partial charge in [-0.3, -0.25) is 14.9 Å². The van der Waals surface area contributed by atoms with Crippen molar-refractivity contribution in [3.05, 3.63) is 27.9 Å². The molecule has 0 radical (unpaired) electrons. The summed E-state index contributed by atoms with van der Waals surface area (Å²) in [5.74, 6) is -0.286. The summed E-state index contributed by atoms with van der Waals surface area (Å²) in [7, 11) is 1.56. The Labute approximate surface area is 105 Å².